The molecule has 1 heterocycles. The van der Waals surface area contributed by atoms with E-state index >= 15 is 0 Å². The number of carbonyl (C=O) groups excluding carboxylic acids is 3. The van der Waals surface area contributed by atoms with Crippen LogP contribution in [0.4, 0.5) is 32.4 Å². The number of cyclic esters (lactones) is 1. The predicted octanol–water partition coefficient (Wildman–Crippen LogP) is 22.3. The van der Waals surface area contributed by atoms with Crippen molar-refractivity contribution in [3.05, 3.63) is 267 Å². The van der Waals surface area contributed by atoms with Crippen LogP contribution < -0.4 is 49.2 Å². The molecule has 0 bridgehead atoms. The fourth-order valence-electron chi connectivity index (χ4n) is 15.3. The van der Waals surface area contributed by atoms with Crippen molar-refractivity contribution in [1.29, 1.82) is 0 Å². The molecule has 1 aliphatic heterocycles. The van der Waals surface area contributed by atoms with E-state index in [4.69, 9.17) is 81.9 Å². The molecule has 18 nitrogen and oxygen atoms in total. The normalized spacial score (nSPS) is 11.5. The molecule has 8 aromatic carbocycles. The summed E-state index contributed by atoms with van der Waals surface area (Å²) in [5.74, 6) is 7.86. The van der Waals surface area contributed by atoms with Gasteiger partial charge in [0.2, 0.25) is 5.91 Å². The first-order valence-corrected chi connectivity index (χ1v) is 53.6. The summed E-state index contributed by atoms with van der Waals surface area (Å²) in [6.45, 7) is 16.5. The number of aryl methyl sites for hydroxylation is 9. The highest BCUT2D eigenvalue weighted by atomic mass is 79.9. The molecule has 33 heteroatoms. The molecule has 3 amide bonds. The number of alkyl halides is 1. The fraction of sp³-hybridized carbons (Fsp3) is 0.452. The summed E-state index contributed by atoms with van der Waals surface area (Å²) in [5.41, 5.74) is 12.3. The van der Waals surface area contributed by atoms with Crippen LogP contribution >= 0.6 is 23.2 Å². The minimum atomic E-state index is -1.74. The van der Waals surface area contributed by atoms with E-state index in [0.29, 0.717) is 64.9 Å². The third kappa shape index (κ3) is 63.6. The highest BCUT2D eigenvalue weighted by Gasteiger charge is 2.45. The van der Waals surface area contributed by atoms with Crippen molar-refractivity contribution < 1.29 is 118 Å². The Morgan fingerprint density at radius 2 is 0.892 bits per heavy atom. The minimum Gasteiger partial charge on any atom is -1.00 e. The van der Waals surface area contributed by atoms with Crippen LogP contribution in [0.5, 0.6) is 0 Å². The van der Waals surface area contributed by atoms with Crippen LogP contribution in [0.1, 0.15) is 300 Å². The first kappa shape index (κ1) is 134. The van der Waals surface area contributed by atoms with Crippen LogP contribution in [0, 0.1) is 113 Å². The van der Waals surface area contributed by atoms with Gasteiger partial charge in [0.05, 0.1) is 12.2 Å². The molecule has 0 spiro atoms. The van der Waals surface area contributed by atoms with E-state index in [-0.39, 0.29) is 98.4 Å². The number of rotatable bonds is 52. The lowest BCUT2D eigenvalue weighted by Gasteiger charge is -2.27. The van der Waals surface area contributed by atoms with E-state index in [0.717, 1.165) is 209 Å². The van der Waals surface area contributed by atoms with Gasteiger partial charge < -0.3 is 52.7 Å². The monoisotopic (exact) mass is 2190 g/mol. The molecule has 0 aromatic heterocycles. The average Bonchev–Trinajstić information content (AvgIpc) is 1.10. The second kappa shape index (κ2) is 86.3. The zero-order chi connectivity index (χ0) is 115. The summed E-state index contributed by atoms with van der Waals surface area (Å²) in [4.78, 5) is 78.7. The van der Waals surface area contributed by atoms with Crippen LogP contribution in [-0.4, -0.2) is 166 Å². The van der Waals surface area contributed by atoms with Crippen molar-refractivity contribution in [3.8, 4) is 36.0 Å². The SMILES string of the molecule is C.C#CC#CC#CC.CNO.Cc1cc(C=CCCCCCC(=O)O)ccc1F.Cc1cc(CCCCCCCC(=O)N2C(=O)OC[C@H]2C(C)C)ccc1F.Cc1cc(CCCCCCCC(=O)O)ccc1F.Cc1cc(CCCCCC[C@@H](Nc2cc(C)c(F)c(C)c2)C(=O)NO)ccc1F.O=C(O)CCCCCCBr.O=C(O)CCCCCC[P+](c1ccccc1)(c1ccccc1)c1ccccc1.[2HH].[2H][2H].[2H][2H].[2H][2H].[B][B]B([B])B([B])[B].[Br-]. The Morgan fingerprint density at radius 3 is 1.24 bits per heavy atom. The van der Waals surface area contributed by atoms with E-state index in [1.165, 1.54) is 70.3 Å². The number of carboxylic acid groups (broad SMARTS) is 4. The van der Waals surface area contributed by atoms with E-state index in [9.17, 15) is 55.5 Å². The van der Waals surface area contributed by atoms with Crippen LogP contribution in [0.15, 0.2) is 182 Å². The van der Waals surface area contributed by atoms with E-state index in [1.54, 1.807) is 77.6 Å². The Bertz CT molecular complexity index is 5200. The Labute approximate surface area is 917 Å². The molecule has 801 valence electrons. The number of benzene rings is 8. The van der Waals surface area contributed by atoms with Crippen molar-refractivity contribution in [2.75, 3.05) is 30.5 Å². The third-order valence-corrected chi connectivity index (χ3v) is 28.6. The molecule has 0 unspecified atom stereocenters. The molecule has 148 heavy (non-hydrogen) atoms. The molecule has 1 saturated heterocycles. The summed E-state index contributed by atoms with van der Waals surface area (Å²) < 4.78 is 101. The Balaban J connectivity index is -0.000000418. The number of hydroxylamine groups is 2. The molecular weight excluding hydrogens is 2020 g/mol. The van der Waals surface area contributed by atoms with Gasteiger partial charge in [-0.1, -0.05) is 236 Å². The minimum absolute atomic E-state index is 0. The van der Waals surface area contributed by atoms with Crippen LogP contribution in [-0.2, 0) is 52.8 Å². The molecule has 9 N–H and O–H groups in total. The van der Waals surface area contributed by atoms with Crippen molar-refractivity contribution in [2.24, 2.45) is 5.92 Å². The lowest BCUT2D eigenvalue weighted by atomic mass is 8.76. The molecule has 9 rings (SSSR count). The molecule has 1 aliphatic rings. The van der Waals surface area contributed by atoms with Gasteiger partial charge in [0, 0.05) is 111 Å². The molecule has 2 atom stereocenters. The number of carboxylic acids is 4. The zero-order valence-corrected chi connectivity index (χ0v) is 91.7. The average molecular weight is 2190 g/mol. The highest BCUT2D eigenvalue weighted by molar-refractivity contribution is 9.09. The van der Waals surface area contributed by atoms with Gasteiger partial charge >= 0.3 is 30.0 Å². The van der Waals surface area contributed by atoms with Crippen molar-refractivity contribution in [1.82, 2.24) is 15.9 Å². The molecule has 9 radical (unpaired) electrons. The number of halogens is 7. The number of nitrogens with one attached hydrogen (secondary N) is 3. The van der Waals surface area contributed by atoms with Crippen molar-refractivity contribution >= 4 is 143 Å². The standard InChI is InChI=1S/C25H27O2P.C23H30F2N2O2.C21H30FNO3.C15H21FO2.C15H19FO2.C7H13BrO2.C7H4.CH5NO.CH4.B7.BrH.4H2/c26-25(27)20-12-1-2-13-21-28(22-14-6-3-7-15-22,23-16-8-4-9-17-23)24-18-10-5-11-19-24;1-15-12-18(10-11-20(15)24)8-6-4-5-7-9-21(23(28)27-29)26-19-13-16(2)22(25)17(3)14-19;1-15(2)19-14-26-21(25)23(19)20(24)10-8-6-4-5-7-9-17-11-12-18(22)16(3)13-17;2*1-12-11-13(9-10-14(12)16)7-5-3-2-4-6-8-15(17)18;8-6-4-2-1-3-5-7(9)10;1-3-5-7-6-4-2;1-2-3;;1-5-7(4)6(2)3;;;;;/h3-11,14-19H,1-2,12-13,20-21H2;10-14,21,26,29H,4-9H2,1-3H3,(H,27,28);11-13,15,19H,4-10,14H2,1-3H3;9-11H,2-8H2,1H3,(H,17,18);5,7,9-11H,2-4,6,8H2,1H3,(H,17,18);1-6H2,(H,9,10);1H,2H3;2-3H,1H3;1H4;;5*1H/t;21-;19-;;;;;;;;;;;;/m.10............/s1/i;;;;;;;;;;;3*1+1D;1+1. The van der Waals surface area contributed by atoms with Crippen molar-refractivity contribution in [3.63, 3.8) is 0 Å². The maximum absolute atomic E-state index is 13.8. The van der Waals surface area contributed by atoms with Gasteiger partial charge in [0.15, 0.2) is 0 Å². The molecule has 1 fully saturated rings. The van der Waals surface area contributed by atoms with Gasteiger partial charge in [0.25, 0.3) is 5.91 Å². The summed E-state index contributed by atoms with van der Waals surface area (Å²) in [7, 11) is 21.3. The second-order valence-electron chi connectivity index (χ2n) is 36.0. The Hall–Kier alpha value is -10.4. The van der Waals surface area contributed by atoms with Gasteiger partial charge in [0.1, 0.15) is 64.9 Å². The smallest absolute Gasteiger partial charge is 0.416 e. The number of hydrogen-bond donors (Lipinski definition) is 9. The van der Waals surface area contributed by atoms with Crippen molar-refractivity contribution in [2.45, 2.75) is 307 Å². The van der Waals surface area contributed by atoms with Gasteiger partial charge in [-0.25, -0.2) is 42.6 Å². The second-order valence-corrected chi connectivity index (χ2v) is 40.4. The molecule has 0 saturated carbocycles. The first-order chi connectivity index (χ1) is 72.9. The number of allylic oxidation sites excluding steroid dienone is 1. The van der Waals surface area contributed by atoms with E-state index < -0.39 is 55.6 Å². The Morgan fingerprint density at radius 1 is 0.527 bits per heavy atom. The molecule has 0 aliphatic carbocycles. The van der Waals surface area contributed by atoms with E-state index in [1.807, 2.05) is 68.5 Å². The quantitative estimate of drug-likeness (QED) is 0.00250. The molecular formula is C115H162B7Br2F5N4O14P. The van der Waals surface area contributed by atoms with Crippen LogP contribution in [0.3, 0.4) is 0 Å². The summed E-state index contributed by atoms with van der Waals surface area (Å²) in [5, 5.41) is 58.8. The Kier molecular flexibility index (Phi) is 78.0. The summed E-state index contributed by atoms with van der Waals surface area (Å²) >= 11 is 3.31. The maximum Gasteiger partial charge on any atom is 0.416 e. The van der Waals surface area contributed by atoms with E-state index in [2.05, 4.69) is 142 Å². The lowest BCUT2D eigenvalue weighted by molar-refractivity contribution is -0.138. The lowest BCUT2D eigenvalue weighted by Crippen LogP contribution is -3.00. The predicted molar refractivity (Wildman–Crippen MR) is 613 cm³/mol. The number of terminal acetylenes is 1. The zero-order valence-electron chi connectivity index (χ0n) is 93.6. The summed E-state index contributed by atoms with van der Waals surface area (Å²) in [6, 6.07) is 56.2. The number of aliphatic carboxylic acids is 4. The summed E-state index contributed by atoms with van der Waals surface area (Å²) in [6.07, 6.45) is 38.8. The fourth-order valence-corrected chi connectivity index (χ4v) is 20.2. The van der Waals surface area contributed by atoms with Gasteiger partial charge in [-0.15, -0.1) is 6.42 Å². The number of nitrogens with zero attached hydrogens (tertiary/aromatic N) is 1. The van der Waals surface area contributed by atoms with Crippen LogP contribution in [0.2, 0.25) is 0 Å². The first-order valence-electron chi connectivity index (χ1n) is 53.5. The number of unbranched alkanes of at least 4 members (excludes halogenated alkanes) is 20. The van der Waals surface area contributed by atoms with Gasteiger partial charge in [-0.3, -0.25) is 34.0 Å². The number of amides is 3. The number of anilines is 1. The number of ether oxygens (including phenoxy) is 1. The highest BCUT2D eigenvalue weighted by Crippen LogP contribution is 2.56. The number of imide groups is 1. The maximum atomic E-state index is 13.8. The van der Waals surface area contributed by atoms with Gasteiger partial charge in [-0.2, -0.15) is 0 Å². The third-order valence-electron chi connectivity index (χ3n) is 23.5. The van der Waals surface area contributed by atoms with Gasteiger partial charge in [-0.05, 0) is 322 Å². The van der Waals surface area contributed by atoms with Crippen LogP contribution in [0.25, 0.3) is 6.08 Å². The number of hydrogen-bond acceptors (Lipinski definition) is 12. The largest absolute Gasteiger partial charge is 1.00 e. The number of carbonyl (C=O) groups is 7. The topological polar surface area (TPSA) is 289 Å². The molecule has 8 aromatic rings.